The first-order valence-electron chi connectivity index (χ1n) is 5.41. The summed E-state index contributed by atoms with van der Waals surface area (Å²) in [6.07, 6.45) is 3.07. The third-order valence-electron chi connectivity index (χ3n) is 2.59. The third kappa shape index (κ3) is 3.02. The summed E-state index contributed by atoms with van der Waals surface area (Å²) in [4.78, 5) is 13.5. The van der Waals surface area contributed by atoms with Crippen LogP contribution in [-0.4, -0.2) is 23.9 Å². The van der Waals surface area contributed by atoms with Gasteiger partial charge in [0, 0.05) is 19.5 Å². The highest BCUT2D eigenvalue weighted by Gasteiger charge is 2.28. The molecule has 0 aromatic carbocycles. The van der Waals surface area contributed by atoms with Crippen molar-refractivity contribution in [2.75, 3.05) is 13.1 Å². The molecule has 0 aromatic heterocycles. The maximum Gasteiger partial charge on any atom is 0.222 e. The first-order chi connectivity index (χ1) is 6.13. The number of nitrogens with zero attached hydrogens (tertiary/aromatic N) is 1. The highest BCUT2D eigenvalue weighted by molar-refractivity contribution is 5.78. The molecule has 1 unspecified atom stereocenters. The Morgan fingerprint density at radius 2 is 2.23 bits per heavy atom. The minimum atomic E-state index is 0.368. The van der Waals surface area contributed by atoms with Gasteiger partial charge < -0.3 is 4.90 Å². The van der Waals surface area contributed by atoms with E-state index in [1.54, 1.807) is 0 Å². The van der Waals surface area contributed by atoms with Crippen LogP contribution in [0.25, 0.3) is 0 Å². The van der Waals surface area contributed by atoms with Gasteiger partial charge >= 0.3 is 0 Å². The normalized spacial score (nSPS) is 23.2. The Bertz CT molecular complexity index is 177. The van der Waals surface area contributed by atoms with Crippen LogP contribution in [0.15, 0.2) is 0 Å². The minimum Gasteiger partial charge on any atom is -0.342 e. The van der Waals surface area contributed by atoms with Crippen LogP contribution < -0.4 is 0 Å². The van der Waals surface area contributed by atoms with Gasteiger partial charge in [-0.3, -0.25) is 4.79 Å². The summed E-state index contributed by atoms with van der Waals surface area (Å²) in [6, 6.07) is 0. The van der Waals surface area contributed by atoms with Gasteiger partial charge in [-0.25, -0.2) is 0 Å². The number of amides is 1. The Kier molecular flexibility index (Phi) is 3.76. The fraction of sp³-hybridized carbons (Fsp3) is 0.909. The number of rotatable bonds is 4. The second-order valence-corrected chi connectivity index (χ2v) is 4.54. The Balaban J connectivity index is 2.36. The lowest BCUT2D eigenvalue weighted by Gasteiger charge is -2.16. The van der Waals surface area contributed by atoms with E-state index in [9.17, 15) is 4.79 Å². The molecule has 2 nitrogen and oxygen atoms in total. The van der Waals surface area contributed by atoms with E-state index < -0.39 is 0 Å². The summed E-state index contributed by atoms with van der Waals surface area (Å²) in [5.74, 6) is 1.71. The SMILES string of the molecule is CCCN1CC(CC(C)C)CC1=O. The van der Waals surface area contributed by atoms with E-state index in [2.05, 4.69) is 20.8 Å². The van der Waals surface area contributed by atoms with Gasteiger partial charge in [0.05, 0.1) is 0 Å². The summed E-state index contributed by atoms with van der Waals surface area (Å²) in [5, 5.41) is 0. The first-order valence-corrected chi connectivity index (χ1v) is 5.41. The molecular formula is C11H21NO. The van der Waals surface area contributed by atoms with Crippen LogP contribution in [-0.2, 0) is 4.79 Å². The van der Waals surface area contributed by atoms with Crippen molar-refractivity contribution in [3.63, 3.8) is 0 Å². The van der Waals surface area contributed by atoms with E-state index in [1.807, 2.05) is 4.90 Å². The predicted molar refractivity (Wildman–Crippen MR) is 54.4 cm³/mol. The van der Waals surface area contributed by atoms with E-state index in [-0.39, 0.29) is 0 Å². The molecule has 1 saturated heterocycles. The number of carbonyl (C=O) groups excluding carboxylic acids is 1. The van der Waals surface area contributed by atoms with Gasteiger partial charge in [-0.2, -0.15) is 0 Å². The van der Waals surface area contributed by atoms with E-state index in [1.165, 1.54) is 6.42 Å². The van der Waals surface area contributed by atoms with Crippen LogP contribution in [0.1, 0.15) is 40.0 Å². The topological polar surface area (TPSA) is 20.3 Å². The lowest BCUT2D eigenvalue weighted by molar-refractivity contribution is -0.127. The molecule has 1 amide bonds. The van der Waals surface area contributed by atoms with Gasteiger partial charge in [0.15, 0.2) is 0 Å². The molecule has 1 rings (SSSR count). The molecule has 0 radical (unpaired) electrons. The Morgan fingerprint density at radius 1 is 1.54 bits per heavy atom. The monoisotopic (exact) mass is 183 g/mol. The minimum absolute atomic E-state index is 0.368. The first kappa shape index (κ1) is 10.6. The summed E-state index contributed by atoms with van der Waals surface area (Å²) in [5.41, 5.74) is 0. The number of hydrogen-bond acceptors (Lipinski definition) is 1. The maximum atomic E-state index is 11.5. The predicted octanol–water partition coefficient (Wildman–Crippen LogP) is 2.29. The highest BCUT2D eigenvalue weighted by atomic mass is 16.2. The number of carbonyl (C=O) groups is 1. The fourth-order valence-electron chi connectivity index (χ4n) is 2.16. The summed E-state index contributed by atoms with van der Waals surface area (Å²) in [6.45, 7) is 8.54. The van der Waals surface area contributed by atoms with Crippen LogP contribution in [0.4, 0.5) is 0 Å². The molecule has 0 bridgehead atoms. The van der Waals surface area contributed by atoms with Gasteiger partial charge in [0.25, 0.3) is 0 Å². The Labute approximate surface area is 81.3 Å². The van der Waals surface area contributed by atoms with Crippen molar-refractivity contribution in [1.82, 2.24) is 4.90 Å². The van der Waals surface area contributed by atoms with E-state index in [4.69, 9.17) is 0 Å². The number of likely N-dealkylation sites (tertiary alicyclic amines) is 1. The molecule has 0 N–H and O–H groups in total. The van der Waals surface area contributed by atoms with Gasteiger partial charge in [0.1, 0.15) is 0 Å². The second-order valence-electron chi connectivity index (χ2n) is 4.54. The van der Waals surface area contributed by atoms with Crippen molar-refractivity contribution in [3.8, 4) is 0 Å². The molecule has 0 aliphatic carbocycles. The van der Waals surface area contributed by atoms with Crippen molar-refractivity contribution in [2.45, 2.75) is 40.0 Å². The second kappa shape index (κ2) is 4.64. The lowest BCUT2D eigenvalue weighted by Crippen LogP contribution is -2.25. The molecule has 1 heterocycles. The molecule has 13 heavy (non-hydrogen) atoms. The number of hydrogen-bond donors (Lipinski definition) is 0. The average molecular weight is 183 g/mol. The van der Waals surface area contributed by atoms with Crippen molar-refractivity contribution in [1.29, 1.82) is 0 Å². The van der Waals surface area contributed by atoms with Gasteiger partial charge in [-0.05, 0) is 24.7 Å². The zero-order valence-corrected chi connectivity index (χ0v) is 9.05. The maximum absolute atomic E-state index is 11.5. The summed E-state index contributed by atoms with van der Waals surface area (Å²) in [7, 11) is 0. The zero-order valence-electron chi connectivity index (χ0n) is 9.05. The van der Waals surface area contributed by atoms with Crippen LogP contribution >= 0.6 is 0 Å². The molecule has 1 fully saturated rings. The van der Waals surface area contributed by atoms with Gasteiger partial charge in [-0.1, -0.05) is 20.8 Å². The summed E-state index contributed by atoms with van der Waals surface area (Å²) >= 11 is 0. The molecule has 1 aliphatic heterocycles. The average Bonchev–Trinajstić information content (AvgIpc) is 2.31. The van der Waals surface area contributed by atoms with Crippen LogP contribution in [0.2, 0.25) is 0 Å². The molecule has 0 saturated carbocycles. The van der Waals surface area contributed by atoms with E-state index >= 15 is 0 Å². The molecule has 76 valence electrons. The molecule has 2 heteroatoms. The quantitative estimate of drug-likeness (QED) is 0.655. The van der Waals surface area contributed by atoms with Crippen LogP contribution in [0, 0.1) is 11.8 Å². The summed E-state index contributed by atoms with van der Waals surface area (Å²) < 4.78 is 0. The molecular weight excluding hydrogens is 162 g/mol. The Hall–Kier alpha value is -0.530. The lowest BCUT2D eigenvalue weighted by atomic mass is 9.96. The van der Waals surface area contributed by atoms with Crippen molar-refractivity contribution in [2.24, 2.45) is 11.8 Å². The zero-order chi connectivity index (χ0) is 9.84. The smallest absolute Gasteiger partial charge is 0.222 e. The third-order valence-corrected chi connectivity index (χ3v) is 2.59. The fourth-order valence-corrected chi connectivity index (χ4v) is 2.16. The van der Waals surface area contributed by atoms with Gasteiger partial charge in [0.2, 0.25) is 5.91 Å². The molecule has 1 atom stereocenters. The van der Waals surface area contributed by atoms with Crippen molar-refractivity contribution >= 4 is 5.91 Å². The van der Waals surface area contributed by atoms with E-state index in [0.29, 0.717) is 11.8 Å². The van der Waals surface area contributed by atoms with Crippen molar-refractivity contribution in [3.05, 3.63) is 0 Å². The standard InChI is InChI=1S/C11H21NO/c1-4-5-12-8-10(6-9(2)3)7-11(12)13/h9-10H,4-8H2,1-3H3. The van der Waals surface area contributed by atoms with Gasteiger partial charge in [-0.15, -0.1) is 0 Å². The Morgan fingerprint density at radius 3 is 2.77 bits per heavy atom. The molecule has 0 spiro atoms. The van der Waals surface area contributed by atoms with Crippen LogP contribution in [0.5, 0.6) is 0 Å². The largest absolute Gasteiger partial charge is 0.342 e. The molecule has 0 aromatic rings. The van der Waals surface area contributed by atoms with Crippen molar-refractivity contribution < 1.29 is 4.79 Å². The van der Waals surface area contributed by atoms with Crippen LogP contribution in [0.3, 0.4) is 0 Å². The highest BCUT2D eigenvalue weighted by Crippen LogP contribution is 2.24. The van der Waals surface area contributed by atoms with E-state index in [0.717, 1.165) is 31.8 Å². The molecule has 1 aliphatic rings.